The summed E-state index contributed by atoms with van der Waals surface area (Å²) in [4.78, 5) is 49.1. The van der Waals surface area contributed by atoms with Crippen LogP contribution in [0.5, 0.6) is 0 Å². The fourth-order valence-electron chi connectivity index (χ4n) is 3.57. The van der Waals surface area contributed by atoms with Gasteiger partial charge in [0.05, 0.1) is 47.7 Å². The zero-order valence-electron chi connectivity index (χ0n) is 18.7. The molecule has 166 valence electrons. The second kappa shape index (κ2) is 11.8. The van der Waals surface area contributed by atoms with Crippen LogP contribution in [0.3, 0.4) is 0 Å². The van der Waals surface area contributed by atoms with E-state index in [1.165, 1.54) is 36.9 Å². The summed E-state index contributed by atoms with van der Waals surface area (Å²) in [6.07, 6.45) is 0. The number of ether oxygens (including phenoxy) is 2. The number of aliphatic carboxylic acids is 1. The minimum Gasteiger partial charge on any atom is -0.548 e. The van der Waals surface area contributed by atoms with Crippen molar-refractivity contribution in [1.29, 1.82) is 0 Å². The number of rotatable bonds is 8. The predicted octanol–water partition coefficient (Wildman–Crippen LogP) is -1.58. The van der Waals surface area contributed by atoms with E-state index >= 15 is 0 Å². The normalized spacial score (nSPS) is 14.1. The van der Waals surface area contributed by atoms with Gasteiger partial charge in [-0.1, -0.05) is 12.1 Å². The van der Waals surface area contributed by atoms with Gasteiger partial charge >= 0.3 is 41.5 Å². The molecule has 0 amide bonds. The van der Waals surface area contributed by atoms with Gasteiger partial charge in [0.1, 0.15) is 0 Å². The molecule has 0 fully saturated rings. The molecule has 1 aromatic carbocycles. The van der Waals surface area contributed by atoms with Gasteiger partial charge in [-0.25, -0.2) is 9.59 Å². The van der Waals surface area contributed by atoms with Crippen molar-refractivity contribution in [3.05, 3.63) is 62.5 Å². The molecule has 32 heavy (non-hydrogen) atoms. The van der Waals surface area contributed by atoms with Crippen molar-refractivity contribution in [2.45, 2.75) is 33.6 Å². The summed E-state index contributed by atoms with van der Waals surface area (Å²) in [5.74, 6) is -4.00. The third kappa shape index (κ3) is 5.76. The van der Waals surface area contributed by atoms with Gasteiger partial charge in [-0.3, -0.25) is 10.1 Å². The number of nitro groups is 1. The predicted molar refractivity (Wildman–Crippen MR) is 106 cm³/mol. The third-order valence-corrected chi connectivity index (χ3v) is 4.86. The summed E-state index contributed by atoms with van der Waals surface area (Å²) >= 11 is 0. The van der Waals surface area contributed by atoms with E-state index < -0.39 is 35.3 Å². The quantitative estimate of drug-likeness (QED) is 0.197. The summed E-state index contributed by atoms with van der Waals surface area (Å²) in [5.41, 5.74) is 0.549. The standard InChI is InChI=1S/C21H24N2O8.Na/c1-5-30-20(26)17-12(3)22(11-16(24)25)13(4)18(21(27)31-6-2)19(17)14-8-7-9-15(10-14)23(28)29;/h7-10,19H,5-6,11H2,1-4H3,(H,24,25);/q;+1/p-1. The van der Waals surface area contributed by atoms with Crippen LogP contribution in [-0.2, 0) is 23.9 Å². The maximum Gasteiger partial charge on any atom is 1.00 e. The molecule has 2 rings (SSSR count). The van der Waals surface area contributed by atoms with E-state index in [0.717, 1.165) is 0 Å². The molecule has 0 aliphatic carbocycles. The van der Waals surface area contributed by atoms with E-state index in [-0.39, 0.29) is 71.0 Å². The Bertz CT molecular complexity index is 944. The Morgan fingerprint density at radius 3 is 1.94 bits per heavy atom. The molecular weight excluding hydrogens is 431 g/mol. The minimum absolute atomic E-state index is 0. The molecule has 0 radical (unpaired) electrons. The molecule has 0 saturated heterocycles. The summed E-state index contributed by atoms with van der Waals surface area (Å²) in [6, 6.07) is 5.54. The van der Waals surface area contributed by atoms with E-state index in [1.54, 1.807) is 19.9 Å². The van der Waals surface area contributed by atoms with Crippen LogP contribution in [-0.4, -0.2) is 47.5 Å². The molecule has 0 N–H and O–H groups in total. The molecule has 0 atom stereocenters. The van der Waals surface area contributed by atoms with Crippen LogP contribution in [0.4, 0.5) is 5.69 Å². The first-order chi connectivity index (χ1) is 14.6. The number of nitro benzene ring substituents is 1. The maximum atomic E-state index is 12.9. The summed E-state index contributed by atoms with van der Waals surface area (Å²) in [7, 11) is 0. The molecule has 0 spiro atoms. The number of hydrogen-bond donors (Lipinski definition) is 0. The van der Waals surface area contributed by atoms with Crippen molar-refractivity contribution < 1.29 is 63.4 Å². The van der Waals surface area contributed by atoms with Gasteiger partial charge in [-0.2, -0.15) is 0 Å². The number of allylic oxidation sites excluding steroid dienone is 2. The van der Waals surface area contributed by atoms with Gasteiger partial charge in [-0.15, -0.1) is 0 Å². The Hall–Kier alpha value is -2.69. The first kappa shape index (κ1) is 27.3. The van der Waals surface area contributed by atoms with Gasteiger partial charge in [0.2, 0.25) is 0 Å². The monoisotopic (exact) mass is 454 g/mol. The van der Waals surface area contributed by atoms with Crippen LogP contribution in [0.1, 0.15) is 39.2 Å². The topological polar surface area (TPSA) is 139 Å². The van der Waals surface area contributed by atoms with Gasteiger partial charge in [0.25, 0.3) is 5.69 Å². The van der Waals surface area contributed by atoms with Crippen molar-refractivity contribution in [2.75, 3.05) is 19.8 Å². The molecular formula is C21H23N2NaO8. The molecule has 0 unspecified atom stereocenters. The number of carbonyl (C=O) groups excluding carboxylic acids is 3. The van der Waals surface area contributed by atoms with Crippen LogP contribution < -0.4 is 34.7 Å². The van der Waals surface area contributed by atoms with E-state index in [0.29, 0.717) is 5.56 Å². The number of benzene rings is 1. The largest absolute Gasteiger partial charge is 1.00 e. The van der Waals surface area contributed by atoms with Crippen molar-refractivity contribution in [2.24, 2.45) is 0 Å². The number of nitrogens with zero attached hydrogens (tertiary/aromatic N) is 2. The fourth-order valence-corrected chi connectivity index (χ4v) is 3.57. The Morgan fingerprint density at radius 2 is 1.53 bits per heavy atom. The van der Waals surface area contributed by atoms with Crippen LogP contribution in [0.2, 0.25) is 0 Å². The SMILES string of the molecule is CCOC(=O)C1=C(C)N(CC(=O)[O-])C(C)=C(C(=O)OCC)C1c1cccc([N+](=O)[O-])c1.[Na+]. The van der Waals surface area contributed by atoms with E-state index in [2.05, 4.69) is 0 Å². The smallest absolute Gasteiger partial charge is 0.548 e. The molecule has 1 heterocycles. The maximum absolute atomic E-state index is 12.9. The molecule has 10 nitrogen and oxygen atoms in total. The summed E-state index contributed by atoms with van der Waals surface area (Å²) in [5, 5.41) is 22.6. The molecule has 0 bridgehead atoms. The second-order valence-corrected chi connectivity index (χ2v) is 6.68. The van der Waals surface area contributed by atoms with Crippen molar-refractivity contribution in [1.82, 2.24) is 4.90 Å². The molecule has 0 saturated carbocycles. The van der Waals surface area contributed by atoms with Crippen LogP contribution in [0.15, 0.2) is 46.8 Å². The molecule has 11 heteroatoms. The van der Waals surface area contributed by atoms with Crippen LogP contribution >= 0.6 is 0 Å². The van der Waals surface area contributed by atoms with E-state index in [4.69, 9.17) is 9.47 Å². The molecule has 1 aliphatic heterocycles. The van der Waals surface area contributed by atoms with E-state index in [1.807, 2.05) is 0 Å². The van der Waals surface area contributed by atoms with E-state index in [9.17, 15) is 29.6 Å². The number of carboxylic acid groups (broad SMARTS) is 1. The second-order valence-electron chi connectivity index (χ2n) is 6.68. The van der Waals surface area contributed by atoms with Gasteiger partial charge in [-0.05, 0) is 33.3 Å². The Labute approximate surface area is 207 Å². The Morgan fingerprint density at radius 1 is 1.03 bits per heavy atom. The van der Waals surface area contributed by atoms with Crippen LogP contribution in [0.25, 0.3) is 0 Å². The number of hydrogen-bond acceptors (Lipinski definition) is 9. The molecule has 1 aromatic rings. The third-order valence-electron chi connectivity index (χ3n) is 4.86. The zero-order chi connectivity index (χ0) is 23.3. The Balaban J connectivity index is 0.00000512. The summed E-state index contributed by atoms with van der Waals surface area (Å²) < 4.78 is 10.3. The average Bonchev–Trinajstić information content (AvgIpc) is 2.70. The number of non-ortho nitro benzene ring substituents is 1. The van der Waals surface area contributed by atoms with Gasteiger partial charge in [0.15, 0.2) is 0 Å². The fraction of sp³-hybridized carbons (Fsp3) is 0.381. The number of carbonyl (C=O) groups is 3. The summed E-state index contributed by atoms with van der Waals surface area (Å²) in [6.45, 7) is 5.71. The van der Waals surface area contributed by atoms with Crippen molar-refractivity contribution in [3.8, 4) is 0 Å². The zero-order valence-corrected chi connectivity index (χ0v) is 20.7. The van der Waals surface area contributed by atoms with Crippen molar-refractivity contribution in [3.63, 3.8) is 0 Å². The molecule has 0 aromatic heterocycles. The molecule has 1 aliphatic rings. The van der Waals surface area contributed by atoms with Crippen LogP contribution in [0, 0.1) is 10.1 Å². The first-order valence-corrected chi connectivity index (χ1v) is 9.61. The number of esters is 2. The minimum atomic E-state index is -1.42. The van der Waals surface area contributed by atoms with Gasteiger partial charge < -0.3 is 24.3 Å². The first-order valence-electron chi connectivity index (χ1n) is 9.61. The Kier molecular flexibility index (Phi) is 10.1. The van der Waals surface area contributed by atoms with Crippen molar-refractivity contribution >= 4 is 23.6 Å². The van der Waals surface area contributed by atoms with Gasteiger partial charge in [0, 0.05) is 23.5 Å². The number of carboxylic acids is 1. The average molecular weight is 454 g/mol.